The standard InChI is InChI=1S/C14H13NO2S2/c1-10-6-5-9-12(13(10)18)17-14(16)15-19-11-7-3-2-4-8-11/h2-9,18H,1H3,(H,15,16). The van der Waals surface area contributed by atoms with Gasteiger partial charge in [-0.1, -0.05) is 30.3 Å². The first-order chi connectivity index (χ1) is 9.16. The Bertz CT molecular complexity index is 573. The van der Waals surface area contributed by atoms with Gasteiger partial charge >= 0.3 is 6.09 Å². The third-order valence-electron chi connectivity index (χ3n) is 2.40. The molecule has 0 aliphatic heterocycles. The molecule has 0 radical (unpaired) electrons. The Morgan fingerprint density at radius 1 is 1.16 bits per heavy atom. The number of hydrogen-bond donors (Lipinski definition) is 2. The van der Waals surface area contributed by atoms with Crippen LogP contribution in [0.25, 0.3) is 0 Å². The number of carbonyl (C=O) groups excluding carboxylic acids is 1. The lowest BCUT2D eigenvalue weighted by atomic mass is 10.2. The molecular formula is C14H13NO2S2. The maximum atomic E-state index is 11.7. The molecule has 0 saturated carbocycles. The normalized spacial score (nSPS) is 10.0. The van der Waals surface area contributed by atoms with E-state index in [0.717, 1.165) is 10.5 Å². The van der Waals surface area contributed by atoms with Crippen LogP contribution >= 0.6 is 24.6 Å². The van der Waals surface area contributed by atoms with Crippen molar-refractivity contribution in [1.29, 1.82) is 0 Å². The van der Waals surface area contributed by atoms with Gasteiger partial charge in [0.15, 0.2) is 0 Å². The number of nitrogens with one attached hydrogen (secondary N) is 1. The zero-order valence-corrected chi connectivity index (χ0v) is 12.0. The van der Waals surface area contributed by atoms with Gasteiger partial charge in [0.2, 0.25) is 0 Å². The van der Waals surface area contributed by atoms with E-state index in [1.165, 1.54) is 11.9 Å². The number of aryl methyl sites for hydroxylation is 1. The Kier molecular flexibility index (Phi) is 4.76. The number of ether oxygens (including phenoxy) is 1. The van der Waals surface area contributed by atoms with E-state index in [-0.39, 0.29) is 0 Å². The Morgan fingerprint density at radius 3 is 2.63 bits per heavy atom. The maximum absolute atomic E-state index is 11.7. The van der Waals surface area contributed by atoms with Gasteiger partial charge in [-0.3, -0.25) is 4.72 Å². The first kappa shape index (κ1) is 13.8. The van der Waals surface area contributed by atoms with E-state index in [4.69, 9.17) is 4.74 Å². The number of carbonyl (C=O) groups is 1. The van der Waals surface area contributed by atoms with Crippen LogP contribution < -0.4 is 9.46 Å². The van der Waals surface area contributed by atoms with Gasteiger partial charge in [-0.25, -0.2) is 4.79 Å². The Morgan fingerprint density at radius 2 is 1.89 bits per heavy atom. The molecule has 3 nitrogen and oxygen atoms in total. The number of hydrogen-bond acceptors (Lipinski definition) is 4. The molecule has 0 atom stereocenters. The van der Waals surface area contributed by atoms with Crippen LogP contribution in [-0.2, 0) is 0 Å². The molecular weight excluding hydrogens is 278 g/mol. The van der Waals surface area contributed by atoms with E-state index in [9.17, 15) is 4.79 Å². The highest BCUT2D eigenvalue weighted by Crippen LogP contribution is 2.26. The second-order valence-corrected chi connectivity index (χ2v) is 5.16. The van der Waals surface area contributed by atoms with Crippen LogP contribution in [0.3, 0.4) is 0 Å². The second-order valence-electron chi connectivity index (χ2n) is 3.83. The fraction of sp³-hybridized carbons (Fsp3) is 0.0714. The summed E-state index contributed by atoms with van der Waals surface area (Å²) < 4.78 is 7.82. The first-order valence-corrected chi connectivity index (χ1v) is 6.91. The van der Waals surface area contributed by atoms with E-state index < -0.39 is 6.09 Å². The summed E-state index contributed by atoms with van der Waals surface area (Å²) in [6.07, 6.45) is -0.519. The van der Waals surface area contributed by atoms with Crippen molar-refractivity contribution < 1.29 is 9.53 Å². The average Bonchev–Trinajstić information content (AvgIpc) is 2.43. The highest BCUT2D eigenvalue weighted by Gasteiger charge is 2.08. The molecule has 0 fully saturated rings. The lowest BCUT2D eigenvalue weighted by Gasteiger charge is -2.09. The topological polar surface area (TPSA) is 38.3 Å². The smallest absolute Gasteiger partial charge is 0.409 e. The lowest BCUT2D eigenvalue weighted by molar-refractivity contribution is 0.206. The molecule has 0 bridgehead atoms. The summed E-state index contributed by atoms with van der Waals surface area (Å²) in [4.78, 5) is 13.3. The Balaban J connectivity index is 1.93. The first-order valence-electron chi connectivity index (χ1n) is 5.65. The maximum Gasteiger partial charge on any atom is 0.422 e. The third kappa shape index (κ3) is 3.94. The number of benzene rings is 2. The predicted molar refractivity (Wildman–Crippen MR) is 79.9 cm³/mol. The number of thiol groups is 1. The fourth-order valence-corrected chi connectivity index (χ4v) is 2.16. The summed E-state index contributed by atoms with van der Waals surface area (Å²) in [5.74, 6) is 0.453. The van der Waals surface area contributed by atoms with Crippen LogP contribution in [-0.4, -0.2) is 6.09 Å². The SMILES string of the molecule is Cc1cccc(OC(=O)NSc2ccccc2)c1S. The van der Waals surface area contributed by atoms with Gasteiger partial charge in [0.1, 0.15) is 5.75 Å². The largest absolute Gasteiger partial charge is 0.422 e. The zero-order valence-electron chi connectivity index (χ0n) is 10.3. The highest BCUT2D eigenvalue weighted by atomic mass is 32.2. The predicted octanol–water partition coefficient (Wildman–Crippen LogP) is 4.08. The van der Waals surface area contributed by atoms with Crippen LogP contribution in [0.2, 0.25) is 0 Å². The molecule has 0 heterocycles. The molecule has 0 spiro atoms. The molecule has 19 heavy (non-hydrogen) atoms. The van der Waals surface area contributed by atoms with Gasteiger partial charge in [0.05, 0.1) is 4.90 Å². The Labute approximate surface area is 121 Å². The summed E-state index contributed by atoms with van der Waals surface area (Å²) >= 11 is 5.52. The lowest BCUT2D eigenvalue weighted by Crippen LogP contribution is -2.20. The molecule has 0 aliphatic rings. The van der Waals surface area contributed by atoms with Gasteiger partial charge in [-0.2, -0.15) is 0 Å². The van der Waals surface area contributed by atoms with Crippen molar-refractivity contribution in [3.05, 3.63) is 54.1 Å². The molecule has 0 aliphatic carbocycles. The molecule has 0 unspecified atom stereocenters. The minimum Gasteiger partial charge on any atom is -0.409 e. The van der Waals surface area contributed by atoms with Crippen LogP contribution in [0.4, 0.5) is 4.79 Å². The van der Waals surface area contributed by atoms with E-state index in [1.807, 2.05) is 49.4 Å². The minimum absolute atomic E-state index is 0.453. The monoisotopic (exact) mass is 291 g/mol. The molecule has 1 N–H and O–H groups in total. The van der Waals surface area contributed by atoms with Gasteiger partial charge < -0.3 is 4.74 Å². The van der Waals surface area contributed by atoms with Gasteiger partial charge in [0.25, 0.3) is 0 Å². The van der Waals surface area contributed by atoms with E-state index >= 15 is 0 Å². The van der Waals surface area contributed by atoms with Gasteiger partial charge in [0, 0.05) is 4.90 Å². The molecule has 98 valence electrons. The second kappa shape index (κ2) is 6.54. The van der Waals surface area contributed by atoms with Gasteiger partial charge in [-0.05, 0) is 42.6 Å². The molecule has 2 rings (SSSR count). The summed E-state index contributed by atoms with van der Waals surface area (Å²) in [5.41, 5.74) is 0.962. The number of rotatable bonds is 3. The summed E-state index contributed by atoms with van der Waals surface area (Å²) in [6.45, 7) is 1.91. The molecule has 0 saturated heterocycles. The molecule has 2 aromatic carbocycles. The van der Waals surface area contributed by atoms with Crippen molar-refractivity contribution in [3.63, 3.8) is 0 Å². The van der Waals surface area contributed by atoms with Crippen molar-refractivity contribution in [3.8, 4) is 5.75 Å². The summed E-state index contributed by atoms with van der Waals surface area (Å²) in [6, 6.07) is 15.0. The molecule has 1 amide bonds. The van der Waals surface area contributed by atoms with E-state index in [0.29, 0.717) is 10.6 Å². The van der Waals surface area contributed by atoms with Crippen molar-refractivity contribution in [2.75, 3.05) is 0 Å². The molecule has 0 aromatic heterocycles. The third-order valence-corrected chi connectivity index (χ3v) is 3.75. The van der Waals surface area contributed by atoms with E-state index in [1.54, 1.807) is 6.07 Å². The van der Waals surface area contributed by atoms with Gasteiger partial charge in [-0.15, -0.1) is 12.6 Å². The van der Waals surface area contributed by atoms with E-state index in [2.05, 4.69) is 17.4 Å². The van der Waals surface area contributed by atoms with Crippen molar-refractivity contribution >= 4 is 30.7 Å². The minimum atomic E-state index is -0.519. The molecule has 5 heteroatoms. The summed E-state index contributed by atoms with van der Waals surface area (Å²) in [5, 5.41) is 0. The molecule has 2 aromatic rings. The van der Waals surface area contributed by atoms with Crippen LogP contribution in [0, 0.1) is 6.92 Å². The summed E-state index contributed by atoms with van der Waals surface area (Å²) in [7, 11) is 0. The quantitative estimate of drug-likeness (QED) is 0.661. The van der Waals surface area contributed by atoms with Crippen molar-refractivity contribution in [2.45, 2.75) is 16.7 Å². The Hall–Kier alpha value is -1.59. The van der Waals surface area contributed by atoms with Crippen LogP contribution in [0.5, 0.6) is 5.75 Å². The van der Waals surface area contributed by atoms with Crippen molar-refractivity contribution in [2.24, 2.45) is 0 Å². The van der Waals surface area contributed by atoms with Crippen LogP contribution in [0.1, 0.15) is 5.56 Å². The average molecular weight is 291 g/mol. The van der Waals surface area contributed by atoms with Crippen molar-refractivity contribution in [1.82, 2.24) is 4.72 Å². The highest BCUT2D eigenvalue weighted by molar-refractivity contribution is 7.98. The number of amides is 1. The van der Waals surface area contributed by atoms with Crippen LogP contribution in [0.15, 0.2) is 58.3 Å². The fourth-order valence-electron chi connectivity index (χ4n) is 1.42. The zero-order chi connectivity index (χ0) is 13.7.